The number of rotatable bonds is 4. The molecule has 122 valence electrons. The molecule has 0 atom stereocenters. The third-order valence-corrected chi connectivity index (χ3v) is 2.68. The molecule has 23 heavy (non-hydrogen) atoms. The molecule has 0 saturated heterocycles. The number of esters is 1. The van der Waals surface area contributed by atoms with Gasteiger partial charge in [-0.25, -0.2) is 4.79 Å². The lowest BCUT2D eigenvalue weighted by Crippen LogP contribution is -2.21. The largest absolute Gasteiger partial charge is 0.452 e. The van der Waals surface area contributed by atoms with Crippen molar-refractivity contribution in [3.63, 3.8) is 0 Å². The molecule has 6 nitrogen and oxygen atoms in total. The predicted molar refractivity (Wildman–Crippen MR) is 71.6 cm³/mol. The van der Waals surface area contributed by atoms with Crippen molar-refractivity contribution in [2.45, 2.75) is 13.1 Å². The quantitative estimate of drug-likeness (QED) is 0.873. The van der Waals surface area contributed by atoms with Crippen molar-refractivity contribution in [3.8, 4) is 0 Å². The number of ether oxygens (including phenoxy) is 1. The Morgan fingerprint density at radius 2 is 1.91 bits per heavy atom. The maximum Gasteiger partial charge on any atom is 0.416 e. The highest BCUT2D eigenvalue weighted by atomic mass is 19.4. The monoisotopic (exact) mass is 328 g/mol. The third kappa shape index (κ3) is 4.56. The molecule has 0 radical (unpaired) electrons. The van der Waals surface area contributed by atoms with Crippen LogP contribution in [0.3, 0.4) is 0 Å². The van der Waals surface area contributed by atoms with Gasteiger partial charge in [-0.2, -0.15) is 13.2 Å². The molecule has 1 N–H and O–H groups in total. The second-order valence-corrected chi connectivity index (χ2v) is 4.52. The molecule has 0 aliphatic rings. The minimum Gasteiger partial charge on any atom is -0.452 e. The Labute approximate surface area is 128 Å². The van der Waals surface area contributed by atoms with Crippen molar-refractivity contribution in [3.05, 3.63) is 47.2 Å². The Bertz CT molecular complexity index is 708. The highest BCUT2D eigenvalue weighted by Crippen LogP contribution is 2.29. The fourth-order valence-electron chi connectivity index (χ4n) is 1.61. The first kappa shape index (κ1) is 16.5. The van der Waals surface area contributed by atoms with Crippen LogP contribution in [0.15, 0.2) is 34.9 Å². The summed E-state index contributed by atoms with van der Waals surface area (Å²) in [7, 11) is 0. The molecule has 0 saturated carbocycles. The van der Waals surface area contributed by atoms with Crippen molar-refractivity contribution in [1.82, 2.24) is 5.16 Å². The highest BCUT2D eigenvalue weighted by Gasteiger charge is 2.30. The fraction of sp³-hybridized carbons (Fsp3) is 0.214. The summed E-state index contributed by atoms with van der Waals surface area (Å²) in [5.74, 6) is -0.913. The van der Waals surface area contributed by atoms with Crippen LogP contribution in [0.2, 0.25) is 0 Å². The Hall–Kier alpha value is -2.84. The van der Waals surface area contributed by atoms with E-state index in [1.807, 2.05) is 0 Å². The van der Waals surface area contributed by atoms with Crippen molar-refractivity contribution >= 4 is 17.7 Å². The van der Waals surface area contributed by atoms with Crippen LogP contribution in [0.1, 0.15) is 21.7 Å². The maximum atomic E-state index is 12.4. The lowest BCUT2D eigenvalue weighted by molar-refractivity contribution is -0.137. The zero-order valence-electron chi connectivity index (χ0n) is 11.8. The van der Waals surface area contributed by atoms with Crippen LogP contribution in [-0.4, -0.2) is 23.6 Å². The van der Waals surface area contributed by atoms with Crippen molar-refractivity contribution in [1.29, 1.82) is 0 Å². The molecule has 0 aliphatic carbocycles. The molecular weight excluding hydrogens is 317 g/mol. The Morgan fingerprint density at radius 1 is 1.26 bits per heavy atom. The minimum absolute atomic E-state index is 0.0944. The molecule has 1 aromatic heterocycles. The van der Waals surface area contributed by atoms with Gasteiger partial charge in [0.15, 0.2) is 12.4 Å². The molecule has 2 rings (SSSR count). The van der Waals surface area contributed by atoms with E-state index in [2.05, 4.69) is 10.5 Å². The molecule has 0 spiro atoms. The van der Waals surface area contributed by atoms with Crippen LogP contribution in [0.25, 0.3) is 0 Å². The van der Waals surface area contributed by atoms with Crippen LogP contribution >= 0.6 is 0 Å². The van der Waals surface area contributed by atoms with Crippen molar-refractivity contribution in [2.75, 3.05) is 11.9 Å². The Balaban J connectivity index is 1.88. The summed E-state index contributed by atoms with van der Waals surface area (Å²) < 4.78 is 46.6. The molecule has 2 aromatic rings. The third-order valence-electron chi connectivity index (χ3n) is 2.68. The van der Waals surface area contributed by atoms with E-state index in [-0.39, 0.29) is 11.4 Å². The topological polar surface area (TPSA) is 81.4 Å². The normalized spacial score (nSPS) is 11.1. The first-order valence-electron chi connectivity index (χ1n) is 6.33. The van der Waals surface area contributed by atoms with Gasteiger partial charge in [0, 0.05) is 6.07 Å². The SMILES string of the molecule is Cc1cc(NC(=O)COC(=O)c2ccc(C(F)(F)F)cc2)no1. The number of alkyl halides is 3. The number of aryl methyl sites for hydroxylation is 1. The smallest absolute Gasteiger partial charge is 0.416 e. The lowest BCUT2D eigenvalue weighted by Gasteiger charge is -2.07. The van der Waals surface area contributed by atoms with E-state index in [4.69, 9.17) is 9.26 Å². The molecule has 0 aliphatic heterocycles. The van der Waals surface area contributed by atoms with Gasteiger partial charge in [0.05, 0.1) is 11.1 Å². The Morgan fingerprint density at radius 3 is 2.43 bits per heavy atom. The number of hydrogen-bond donors (Lipinski definition) is 1. The van der Waals surface area contributed by atoms with E-state index in [0.29, 0.717) is 5.76 Å². The summed E-state index contributed by atoms with van der Waals surface area (Å²) in [4.78, 5) is 23.2. The molecule has 1 heterocycles. The number of aromatic nitrogens is 1. The van der Waals surface area contributed by atoms with Gasteiger partial charge in [0.2, 0.25) is 0 Å². The van der Waals surface area contributed by atoms with Crippen molar-refractivity contribution in [2.24, 2.45) is 0 Å². The number of halogens is 3. The number of nitrogens with zero attached hydrogens (tertiary/aromatic N) is 1. The number of carbonyl (C=O) groups excluding carboxylic acids is 2. The summed E-state index contributed by atoms with van der Waals surface area (Å²) in [5.41, 5.74) is -0.976. The molecular formula is C14H11F3N2O4. The molecule has 9 heteroatoms. The number of carbonyl (C=O) groups is 2. The molecule has 0 fully saturated rings. The summed E-state index contributed by atoms with van der Waals surface area (Å²) in [6.07, 6.45) is -4.49. The number of hydrogen-bond acceptors (Lipinski definition) is 5. The lowest BCUT2D eigenvalue weighted by atomic mass is 10.1. The van der Waals surface area contributed by atoms with Gasteiger partial charge in [0.25, 0.3) is 5.91 Å². The van der Waals surface area contributed by atoms with E-state index in [1.54, 1.807) is 6.92 Å². The Kier molecular flexibility index (Phi) is 4.68. The average molecular weight is 328 g/mol. The van der Waals surface area contributed by atoms with Crippen LogP contribution in [0.4, 0.5) is 19.0 Å². The van der Waals surface area contributed by atoms with Crippen LogP contribution in [0, 0.1) is 6.92 Å². The summed E-state index contributed by atoms with van der Waals surface area (Å²) in [6.45, 7) is 1.03. The van der Waals surface area contributed by atoms with Gasteiger partial charge in [-0.15, -0.1) is 0 Å². The molecule has 1 aromatic carbocycles. The maximum absolute atomic E-state index is 12.4. The molecule has 1 amide bonds. The van der Waals surface area contributed by atoms with Gasteiger partial charge in [-0.3, -0.25) is 4.79 Å². The van der Waals surface area contributed by atoms with E-state index < -0.39 is 30.2 Å². The van der Waals surface area contributed by atoms with Gasteiger partial charge >= 0.3 is 12.1 Å². The first-order chi connectivity index (χ1) is 10.8. The highest BCUT2D eigenvalue weighted by molar-refractivity contribution is 5.95. The second-order valence-electron chi connectivity index (χ2n) is 4.52. The molecule has 0 bridgehead atoms. The molecule has 0 unspecified atom stereocenters. The number of nitrogens with one attached hydrogen (secondary N) is 1. The van der Waals surface area contributed by atoms with Gasteiger partial charge < -0.3 is 14.6 Å². The standard InChI is InChI=1S/C14H11F3N2O4/c1-8-6-11(19-23-8)18-12(20)7-22-13(21)9-2-4-10(5-3-9)14(15,16)17/h2-6H,7H2,1H3,(H,18,19,20). The van der Waals surface area contributed by atoms with Crippen LogP contribution in [0.5, 0.6) is 0 Å². The van der Waals surface area contributed by atoms with E-state index in [0.717, 1.165) is 24.3 Å². The average Bonchev–Trinajstić information content (AvgIpc) is 2.89. The second kappa shape index (κ2) is 6.51. The van der Waals surface area contributed by atoms with Crippen LogP contribution in [-0.2, 0) is 15.7 Å². The minimum atomic E-state index is -4.49. The van der Waals surface area contributed by atoms with E-state index in [1.165, 1.54) is 6.07 Å². The van der Waals surface area contributed by atoms with E-state index in [9.17, 15) is 22.8 Å². The van der Waals surface area contributed by atoms with Crippen molar-refractivity contribution < 1.29 is 32.0 Å². The zero-order chi connectivity index (χ0) is 17.0. The number of benzene rings is 1. The van der Waals surface area contributed by atoms with Gasteiger partial charge in [-0.1, -0.05) is 5.16 Å². The van der Waals surface area contributed by atoms with Gasteiger partial charge in [-0.05, 0) is 31.2 Å². The predicted octanol–water partition coefficient (Wildman–Crippen LogP) is 2.80. The van der Waals surface area contributed by atoms with Gasteiger partial charge in [0.1, 0.15) is 5.76 Å². The first-order valence-corrected chi connectivity index (χ1v) is 6.33. The zero-order valence-corrected chi connectivity index (χ0v) is 11.8. The van der Waals surface area contributed by atoms with Crippen LogP contribution < -0.4 is 5.32 Å². The summed E-state index contributed by atoms with van der Waals surface area (Å²) in [5, 5.41) is 5.85. The number of anilines is 1. The van der Waals surface area contributed by atoms with E-state index >= 15 is 0 Å². The fourth-order valence-corrected chi connectivity index (χ4v) is 1.61. The summed E-state index contributed by atoms with van der Waals surface area (Å²) >= 11 is 0. The number of amides is 1. The summed E-state index contributed by atoms with van der Waals surface area (Å²) in [6, 6.07) is 4.94.